The molecule has 0 aliphatic carbocycles. The number of nitrogens with one attached hydrogen (secondary N) is 3. The van der Waals surface area contributed by atoms with Gasteiger partial charge >= 0.3 is 0 Å². The van der Waals surface area contributed by atoms with E-state index in [9.17, 15) is 8.42 Å². The minimum absolute atomic E-state index is 0.281. The summed E-state index contributed by atoms with van der Waals surface area (Å²) in [7, 11) is -3.42. The molecule has 2 heterocycles. The minimum atomic E-state index is -3.42. The molecule has 0 unspecified atom stereocenters. The number of sulfonamides is 1. The van der Waals surface area contributed by atoms with E-state index in [1.165, 1.54) is 11.3 Å². The molecule has 2 aromatic heterocycles. The Morgan fingerprint density at radius 3 is 2.68 bits per heavy atom. The molecule has 10 heteroatoms. The van der Waals surface area contributed by atoms with Gasteiger partial charge in [0.2, 0.25) is 10.0 Å². The van der Waals surface area contributed by atoms with Crippen LogP contribution in [0.25, 0.3) is 0 Å². The molecule has 0 aliphatic heterocycles. The van der Waals surface area contributed by atoms with Gasteiger partial charge in [0.25, 0.3) is 0 Å². The third-order valence-corrected chi connectivity index (χ3v) is 7.11. The predicted octanol–water partition coefficient (Wildman–Crippen LogP) is 1.86. The van der Waals surface area contributed by atoms with E-state index in [0.717, 1.165) is 22.1 Å². The molecule has 0 radical (unpaired) electrons. The summed E-state index contributed by atoms with van der Waals surface area (Å²) in [6.45, 7) is 7.95. The molecule has 7 nitrogen and oxygen atoms in total. The van der Waals surface area contributed by atoms with Crippen LogP contribution in [0.2, 0.25) is 0 Å². The van der Waals surface area contributed by atoms with Crippen LogP contribution in [0.15, 0.2) is 26.7 Å². The first-order valence-corrected chi connectivity index (χ1v) is 11.1. The number of hydrogen-bond acceptors (Lipinski definition) is 6. The van der Waals surface area contributed by atoms with Gasteiger partial charge in [0.1, 0.15) is 4.21 Å². The van der Waals surface area contributed by atoms with Gasteiger partial charge in [-0.2, -0.15) is 0 Å². The van der Waals surface area contributed by atoms with Crippen LogP contribution in [0.3, 0.4) is 0 Å². The van der Waals surface area contributed by atoms with Gasteiger partial charge in [-0.3, -0.25) is 0 Å². The van der Waals surface area contributed by atoms with Crippen LogP contribution in [0.1, 0.15) is 22.5 Å². The molecule has 0 saturated heterocycles. The van der Waals surface area contributed by atoms with E-state index >= 15 is 0 Å². The van der Waals surface area contributed by atoms with Crippen LogP contribution in [0.5, 0.6) is 0 Å². The van der Waals surface area contributed by atoms with Gasteiger partial charge in [-0.15, -0.1) is 22.7 Å². The fraction of sp³-hybridized carbons (Fsp3) is 0.467. The Labute approximate surface area is 156 Å². The number of thiazole rings is 1. The van der Waals surface area contributed by atoms with E-state index in [0.29, 0.717) is 23.3 Å². The molecular weight excluding hydrogens is 378 g/mol. The van der Waals surface area contributed by atoms with Crippen molar-refractivity contribution in [1.29, 1.82) is 0 Å². The van der Waals surface area contributed by atoms with Crippen molar-refractivity contribution >= 4 is 38.7 Å². The van der Waals surface area contributed by atoms with Crippen molar-refractivity contribution in [3.8, 4) is 0 Å². The largest absolute Gasteiger partial charge is 0.357 e. The zero-order chi connectivity index (χ0) is 18.3. The normalized spacial score (nSPS) is 12.4. The Kier molecular flexibility index (Phi) is 7.36. The fourth-order valence-electron chi connectivity index (χ4n) is 2.07. The Hall–Kier alpha value is -1.49. The van der Waals surface area contributed by atoms with Crippen molar-refractivity contribution in [1.82, 2.24) is 20.3 Å². The molecule has 0 fully saturated rings. The third kappa shape index (κ3) is 6.07. The van der Waals surface area contributed by atoms with E-state index in [-0.39, 0.29) is 6.54 Å². The van der Waals surface area contributed by atoms with Crippen molar-refractivity contribution in [2.45, 2.75) is 31.5 Å². The molecular formula is C15H23N5O2S3. The lowest BCUT2D eigenvalue weighted by Crippen LogP contribution is -2.41. The second kappa shape index (κ2) is 9.27. The number of aliphatic imine (C=N–C) groups is 1. The van der Waals surface area contributed by atoms with Crippen LogP contribution in [0.4, 0.5) is 0 Å². The number of aryl methyl sites for hydroxylation is 2. The Morgan fingerprint density at radius 2 is 2.08 bits per heavy atom. The van der Waals surface area contributed by atoms with Crippen LogP contribution in [0, 0.1) is 13.8 Å². The molecule has 2 rings (SSSR count). The Balaban J connectivity index is 1.85. The molecule has 138 valence electrons. The molecule has 0 atom stereocenters. The lowest BCUT2D eigenvalue weighted by molar-refractivity contribution is 0.582. The highest BCUT2D eigenvalue weighted by Gasteiger charge is 2.13. The van der Waals surface area contributed by atoms with Gasteiger partial charge < -0.3 is 10.6 Å². The minimum Gasteiger partial charge on any atom is -0.357 e. The van der Waals surface area contributed by atoms with Crippen molar-refractivity contribution < 1.29 is 8.42 Å². The van der Waals surface area contributed by atoms with E-state index < -0.39 is 10.0 Å². The first-order valence-electron chi connectivity index (χ1n) is 7.90. The van der Waals surface area contributed by atoms with Crippen molar-refractivity contribution in [2.75, 3.05) is 19.6 Å². The summed E-state index contributed by atoms with van der Waals surface area (Å²) in [5, 5.41) is 9.06. The summed E-state index contributed by atoms with van der Waals surface area (Å²) < 4.78 is 27.0. The van der Waals surface area contributed by atoms with Gasteiger partial charge in [0.15, 0.2) is 5.96 Å². The predicted molar refractivity (Wildman–Crippen MR) is 104 cm³/mol. The maximum Gasteiger partial charge on any atom is 0.250 e. The second-order valence-electron chi connectivity index (χ2n) is 5.19. The van der Waals surface area contributed by atoms with E-state index in [1.807, 2.05) is 20.8 Å². The highest BCUT2D eigenvalue weighted by Crippen LogP contribution is 2.17. The topological polar surface area (TPSA) is 95.5 Å². The van der Waals surface area contributed by atoms with Crippen molar-refractivity contribution in [2.24, 2.45) is 4.99 Å². The summed E-state index contributed by atoms with van der Waals surface area (Å²) in [6, 6.07) is 3.31. The maximum absolute atomic E-state index is 12.0. The monoisotopic (exact) mass is 401 g/mol. The smallest absolute Gasteiger partial charge is 0.250 e. The first-order chi connectivity index (χ1) is 11.9. The van der Waals surface area contributed by atoms with Crippen LogP contribution in [-0.4, -0.2) is 39.0 Å². The fourth-order valence-corrected chi connectivity index (χ4v) is 5.00. The zero-order valence-corrected chi connectivity index (χ0v) is 16.9. The summed E-state index contributed by atoms with van der Waals surface area (Å²) >= 11 is 2.84. The molecule has 0 spiro atoms. The number of thiophene rings is 1. The maximum atomic E-state index is 12.0. The average Bonchev–Trinajstić information content (AvgIpc) is 3.19. The molecule has 0 bridgehead atoms. The summed E-state index contributed by atoms with van der Waals surface area (Å²) in [5.41, 5.74) is 1.01. The molecule has 25 heavy (non-hydrogen) atoms. The first kappa shape index (κ1) is 19.8. The van der Waals surface area contributed by atoms with E-state index in [2.05, 4.69) is 25.3 Å². The van der Waals surface area contributed by atoms with Gasteiger partial charge in [0, 0.05) is 24.5 Å². The Morgan fingerprint density at radius 1 is 1.28 bits per heavy atom. The highest BCUT2D eigenvalue weighted by molar-refractivity contribution is 7.91. The summed E-state index contributed by atoms with van der Waals surface area (Å²) in [4.78, 5) is 10.1. The standard InChI is InChI=1S/C15H23N5O2S3/c1-4-16-15(18-10-13-11(2)20-12(3)24-13)17-7-8-19-25(21,22)14-6-5-9-23-14/h5-6,9,19H,4,7-8,10H2,1-3H3,(H2,16,17,18). The quantitative estimate of drug-likeness (QED) is 0.356. The average molecular weight is 402 g/mol. The van der Waals surface area contributed by atoms with Crippen LogP contribution in [-0.2, 0) is 16.6 Å². The third-order valence-electron chi connectivity index (χ3n) is 3.19. The van der Waals surface area contributed by atoms with Gasteiger partial charge in [-0.1, -0.05) is 6.07 Å². The van der Waals surface area contributed by atoms with Gasteiger partial charge in [-0.05, 0) is 32.2 Å². The number of nitrogens with zero attached hydrogens (tertiary/aromatic N) is 2. The lowest BCUT2D eigenvalue weighted by Gasteiger charge is -2.11. The second-order valence-corrected chi connectivity index (χ2v) is 9.42. The number of hydrogen-bond donors (Lipinski definition) is 3. The number of rotatable bonds is 8. The molecule has 2 aromatic rings. The summed E-state index contributed by atoms with van der Waals surface area (Å²) in [5.74, 6) is 0.656. The lowest BCUT2D eigenvalue weighted by atomic mass is 10.4. The van der Waals surface area contributed by atoms with Crippen molar-refractivity contribution in [3.63, 3.8) is 0 Å². The molecule has 0 aromatic carbocycles. The van der Waals surface area contributed by atoms with E-state index in [1.54, 1.807) is 28.8 Å². The Bertz CT molecular complexity index is 797. The van der Waals surface area contributed by atoms with Gasteiger partial charge in [-0.25, -0.2) is 23.1 Å². The van der Waals surface area contributed by atoms with E-state index in [4.69, 9.17) is 0 Å². The zero-order valence-electron chi connectivity index (χ0n) is 14.5. The van der Waals surface area contributed by atoms with Crippen LogP contribution < -0.4 is 15.4 Å². The highest BCUT2D eigenvalue weighted by atomic mass is 32.2. The van der Waals surface area contributed by atoms with Gasteiger partial charge in [0.05, 0.1) is 17.2 Å². The van der Waals surface area contributed by atoms with Crippen LogP contribution >= 0.6 is 22.7 Å². The SMILES string of the molecule is CCNC(=NCc1sc(C)nc1C)NCCNS(=O)(=O)c1cccs1. The van der Waals surface area contributed by atoms with Crippen molar-refractivity contribution in [3.05, 3.63) is 33.1 Å². The number of guanidine groups is 1. The summed E-state index contributed by atoms with van der Waals surface area (Å²) in [6.07, 6.45) is 0. The number of aromatic nitrogens is 1. The molecule has 3 N–H and O–H groups in total. The molecule has 0 amide bonds. The molecule has 0 saturated carbocycles. The molecule has 0 aliphatic rings.